The fourth-order valence-electron chi connectivity index (χ4n) is 2.32. The Bertz CT molecular complexity index is 778. The fraction of sp³-hybridized carbons (Fsp3) is 0.250. The molecule has 0 aliphatic rings. The third-order valence-electron chi connectivity index (χ3n) is 3.78. The topological polar surface area (TPSA) is 84.5 Å². The molecular weight excluding hydrogens is 351 g/mol. The van der Waals surface area contributed by atoms with Crippen molar-refractivity contribution in [2.24, 2.45) is 0 Å². The molecule has 0 aromatic heterocycles. The van der Waals surface area contributed by atoms with Crippen molar-refractivity contribution in [2.75, 3.05) is 18.5 Å². The van der Waals surface area contributed by atoms with Crippen molar-refractivity contribution >= 4 is 23.5 Å². The molecule has 0 bridgehead atoms. The van der Waals surface area contributed by atoms with Crippen molar-refractivity contribution in [1.29, 1.82) is 0 Å². The second-order valence-corrected chi connectivity index (χ2v) is 6.01. The summed E-state index contributed by atoms with van der Waals surface area (Å²) in [5, 5.41) is 4.86. The number of carbonyl (C=O) groups excluding carboxylic acids is 3. The van der Waals surface area contributed by atoms with E-state index in [4.69, 9.17) is 4.74 Å². The predicted molar refractivity (Wildman–Crippen MR) is 98.5 cm³/mol. The first-order valence-corrected chi connectivity index (χ1v) is 8.46. The fourth-order valence-corrected chi connectivity index (χ4v) is 2.32. The maximum Gasteiger partial charge on any atom is 0.306 e. The Morgan fingerprint density at radius 3 is 2.33 bits per heavy atom. The van der Waals surface area contributed by atoms with E-state index in [9.17, 15) is 18.8 Å². The van der Waals surface area contributed by atoms with Gasteiger partial charge in [-0.1, -0.05) is 37.3 Å². The highest BCUT2D eigenvalue weighted by Crippen LogP contribution is 2.18. The van der Waals surface area contributed by atoms with Crippen LogP contribution in [-0.4, -0.2) is 30.9 Å². The summed E-state index contributed by atoms with van der Waals surface area (Å²) < 4.78 is 17.7. The number of nitrogens with one attached hydrogen (secondary N) is 2. The van der Waals surface area contributed by atoms with Crippen LogP contribution >= 0.6 is 0 Å². The average molecular weight is 372 g/mol. The maximum atomic E-state index is 12.8. The number of hydrogen-bond acceptors (Lipinski definition) is 4. The lowest BCUT2D eigenvalue weighted by atomic mass is 9.98. The molecule has 2 rings (SSSR count). The van der Waals surface area contributed by atoms with Crippen LogP contribution in [0.1, 0.15) is 24.8 Å². The van der Waals surface area contributed by atoms with Crippen molar-refractivity contribution < 1.29 is 23.5 Å². The van der Waals surface area contributed by atoms with Gasteiger partial charge < -0.3 is 15.4 Å². The van der Waals surface area contributed by atoms with Crippen molar-refractivity contribution in [2.45, 2.75) is 19.3 Å². The molecule has 1 atom stereocenters. The maximum absolute atomic E-state index is 12.8. The number of anilines is 1. The number of carbonyl (C=O) groups is 3. The van der Waals surface area contributed by atoms with Crippen LogP contribution in [0.4, 0.5) is 10.1 Å². The van der Waals surface area contributed by atoms with Crippen LogP contribution in [-0.2, 0) is 19.1 Å². The minimum Gasteiger partial charge on any atom is -0.456 e. The number of esters is 1. The summed E-state index contributed by atoms with van der Waals surface area (Å²) in [7, 11) is 0. The van der Waals surface area contributed by atoms with E-state index in [-0.39, 0.29) is 18.9 Å². The van der Waals surface area contributed by atoms with E-state index >= 15 is 0 Å². The summed E-state index contributed by atoms with van der Waals surface area (Å²) in [6.45, 7) is 1.16. The quantitative estimate of drug-likeness (QED) is 0.698. The lowest BCUT2D eigenvalue weighted by molar-refractivity contribution is -0.148. The Hall–Kier alpha value is -3.22. The summed E-state index contributed by atoms with van der Waals surface area (Å²) in [6, 6.07) is 14.8. The molecule has 2 aromatic rings. The number of amides is 2. The van der Waals surface area contributed by atoms with Gasteiger partial charge in [0.05, 0.1) is 13.0 Å². The van der Waals surface area contributed by atoms with Crippen LogP contribution in [0, 0.1) is 5.82 Å². The predicted octanol–water partition coefficient (Wildman–Crippen LogP) is 2.62. The monoisotopic (exact) mass is 372 g/mol. The number of rotatable bonds is 8. The SMILES string of the molecule is C[C@@H](CC(=O)OCC(=O)NCC(=O)Nc1ccc(F)cc1)c1ccccc1. The van der Waals surface area contributed by atoms with Gasteiger partial charge in [0.25, 0.3) is 5.91 Å². The zero-order valence-electron chi connectivity index (χ0n) is 14.9. The number of benzene rings is 2. The van der Waals surface area contributed by atoms with Crippen molar-refractivity contribution in [3.63, 3.8) is 0 Å². The molecule has 0 saturated carbocycles. The van der Waals surface area contributed by atoms with Gasteiger partial charge in [-0.05, 0) is 35.7 Å². The lowest BCUT2D eigenvalue weighted by Crippen LogP contribution is -2.35. The molecule has 7 heteroatoms. The second kappa shape index (κ2) is 10.1. The van der Waals surface area contributed by atoms with Crippen LogP contribution < -0.4 is 10.6 Å². The molecule has 0 aliphatic heterocycles. The van der Waals surface area contributed by atoms with Gasteiger partial charge in [-0.3, -0.25) is 14.4 Å². The molecule has 0 saturated heterocycles. The average Bonchev–Trinajstić information content (AvgIpc) is 2.67. The molecule has 2 amide bonds. The number of halogens is 1. The molecule has 0 spiro atoms. The van der Waals surface area contributed by atoms with E-state index in [2.05, 4.69) is 10.6 Å². The van der Waals surface area contributed by atoms with E-state index in [1.54, 1.807) is 0 Å². The normalized spacial score (nSPS) is 11.3. The Morgan fingerprint density at radius 1 is 1.00 bits per heavy atom. The van der Waals surface area contributed by atoms with Gasteiger partial charge in [0.1, 0.15) is 5.82 Å². The van der Waals surface area contributed by atoms with Gasteiger partial charge in [0.2, 0.25) is 5.91 Å². The van der Waals surface area contributed by atoms with Crippen LogP contribution in [0.15, 0.2) is 54.6 Å². The third-order valence-corrected chi connectivity index (χ3v) is 3.78. The molecule has 6 nitrogen and oxygen atoms in total. The highest BCUT2D eigenvalue weighted by Gasteiger charge is 2.14. The van der Waals surface area contributed by atoms with E-state index in [0.717, 1.165) is 5.56 Å². The number of hydrogen-bond donors (Lipinski definition) is 2. The minimum atomic E-state index is -0.579. The molecule has 0 radical (unpaired) electrons. The molecule has 0 heterocycles. The summed E-state index contributed by atoms with van der Waals surface area (Å²) >= 11 is 0. The van der Waals surface area contributed by atoms with Crippen LogP contribution in [0.2, 0.25) is 0 Å². The molecule has 27 heavy (non-hydrogen) atoms. The summed E-state index contributed by atoms with van der Waals surface area (Å²) in [5.74, 6) is -1.98. The Kier molecular flexibility index (Phi) is 7.49. The smallest absolute Gasteiger partial charge is 0.306 e. The molecule has 142 valence electrons. The largest absolute Gasteiger partial charge is 0.456 e. The molecule has 0 aliphatic carbocycles. The first-order chi connectivity index (χ1) is 12.9. The summed E-state index contributed by atoms with van der Waals surface area (Å²) in [5.41, 5.74) is 1.42. The summed E-state index contributed by atoms with van der Waals surface area (Å²) in [6.07, 6.45) is 0.155. The molecule has 2 aromatic carbocycles. The Labute approximate surface area is 156 Å². The third kappa shape index (κ3) is 7.27. The van der Waals surface area contributed by atoms with Crippen LogP contribution in [0.3, 0.4) is 0 Å². The van der Waals surface area contributed by atoms with E-state index in [1.807, 2.05) is 37.3 Å². The molecule has 0 fully saturated rings. The molecule has 2 N–H and O–H groups in total. The first kappa shape index (κ1) is 20.1. The highest BCUT2D eigenvalue weighted by atomic mass is 19.1. The van der Waals surface area contributed by atoms with Gasteiger partial charge in [0.15, 0.2) is 6.61 Å². The van der Waals surface area contributed by atoms with Gasteiger partial charge >= 0.3 is 5.97 Å². The van der Waals surface area contributed by atoms with Gasteiger partial charge in [-0.15, -0.1) is 0 Å². The highest BCUT2D eigenvalue weighted by molar-refractivity contribution is 5.94. The second-order valence-electron chi connectivity index (χ2n) is 6.01. The Balaban J connectivity index is 1.65. The van der Waals surface area contributed by atoms with Crippen molar-refractivity contribution in [3.05, 3.63) is 66.0 Å². The zero-order valence-corrected chi connectivity index (χ0v) is 14.9. The van der Waals surface area contributed by atoms with Crippen LogP contribution in [0.25, 0.3) is 0 Å². The summed E-state index contributed by atoms with van der Waals surface area (Å²) in [4.78, 5) is 35.2. The van der Waals surface area contributed by atoms with E-state index < -0.39 is 30.2 Å². The van der Waals surface area contributed by atoms with Gasteiger partial charge in [0, 0.05) is 5.69 Å². The first-order valence-electron chi connectivity index (χ1n) is 8.46. The number of ether oxygens (including phenoxy) is 1. The standard InChI is InChI=1S/C20H21FN2O4/c1-14(15-5-3-2-4-6-15)11-20(26)27-13-19(25)22-12-18(24)23-17-9-7-16(21)8-10-17/h2-10,14H,11-13H2,1H3,(H,22,25)(H,23,24)/t14-/m0/s1. The molecular formula is C20H21FN2O4. The van der Waals surface area contributed by atoms with E-state index in [1.165, 1.54) is 24.3 Å². The van der Waals surface area contributed by atoms with Crippen molar-refractivity contribution in [3.8, 4) is 0 Å². The van der Waals surface area contributed by atoms with E-state index in [0.29, 0.717) is 5.69 Å². The molecule has 0 unspecified atom stereocenters. The Morgan fingerprint density at radius 2 is 1.67 bits per heavy atom. The zero-order chi connectivity index (χ0) is 19.6. The van der Waals surface area contributed by atoms with Gasteiger partial charge in [-0.25, -0.2) is 4.39 Å². The van der Waals surface area contributed by atoms with Crippen molar-refractivity contribution in [1.82, 2.24) is 5.32 Å². The lowest BCUT2D eigenvalue weighted by Gasteiger charge is -2.11. The minimum absolute atomic E-state index is 0.0248. The van der Waals surface area contributed by atoms with Crippen LogP contribution in [0.5, 0.6) is 0 Å². The van der Waals surface area contributed by atoms with Gasteiger partial charge in [-0.2, -0.15) is 0 Å².